The molecule has 2 aliphatic heterocycles. The van der Waals surface area contributed by atoms with Gasteiger partial charge in [0.05, 0.1) is 24.8 Å². The largest absolute Gasteiger partial charge is 0.486 e. The van der Waals surface area contributed by atoms with Crippen molar-refractivity contribution in [1.82, 2.24) is 10.2 Å². The quantitative estimate of drug-likeness (QED) is 0.909. The Morgan fingerprint density at radius 3 is 2.58 bits per heavy atom. The van der Waals surface area contributed by atoms with Crippen molar-refractivity contribution in [2.45, 2.75) is 39.0 Å². The summed E-state index contributed by atoms with van der Waals surface area (Å²) in [4.78, 5) is 14.5. The van der Waals surface area contributed by atoms with E-state index in [1.165, 1.54) is 0 Å². The van der Waals surface area contributed by atoms with Gasteiger partial charge in [0.25, 0.3) is 0 Å². The molecule has 1 aromatic rings. The molecule has 2 aliphatic rings. The maximum atomic E-state index is 12.3. The number of fused-ring (bicyclic) bond motifs is 1. The summed E-state index contributed by atoms with van der Waals surface area (Å²) in [5.74, 6) is 1.54. The number of nitrogens with one attached hydrogen (secondary N) is 1. The third-order valence-electron chi connectivity index (χ3n) is 4.31. The van der Waals surface area contributed by atoms with E-state index >= 15 is 0 Å². The molecule has 1 aromatic carbocycles. The van der Waals surface area contributed by atoms with Crippen molar-refractivity contribution in [2.24, 2.45) is 0 Å². The number of rotatable bonds is 4. The van der Waals surface area contributed by atoms with Crippen LogP contribution in [0, 0.1) is 0 Å². The molecule has 0 radical (unpaired) electrons. The van der Waals surface area contributed by atoms with Crippen molar-refractivity contribution in [3.05, 3.63) is 23.8 Å². The Labute approximate surface area is 143 Å². The monoisotopic (exact) mass is 334 g/mol. The van der Waals surface area contributed by atoms with Crippen molar-refractivity contribution < 1.29 is 19.0 Å². The highest BCUT2D eigenvalue weighted by Gasteiger charge is 2.24. The molecule has 0 saturated carbocycles. The first-order valence-electron chi connectivity index (χ1n) is 8.58. The van der Waals surface area contributed by atoms with Gasteiger partial charge >= 0.3 is 0 Å². The summed E-state index contributed by atoms with van der Waals surface area (Å²) >= 11 is 0. The van der Waals surface area contributed by atoms with Crippen LogP contribution in [-0.2, 0) is 9.53 Å². The van der Waals surface area contributed by atoms with Gasteiger partial charge in [-0.2, -0.15) is 0 Å². The predicted octanol–water partition coefficient (Wildman–Crippen LogP) is 1.74. The Morgan fingerprint density at radius 1 is 1.21 bits per heavy atom. The summed E-state index contributed by atoms with van der Waals surface area (Å²) in [6.07, 6.45) is 0.327. The molecule has 0 bridgehead atoms. The van der Waals surface area contributed by atoms with E-state index in [9.17, 15) is 4.79 Å². The van der Waals surface area contributed by atoms with Gasteiger partial charge in [-0.15, -0.1) is 0 Å². The van der Waals surface area contributed by atoms with Crippen LogP contribution in [0.25, 0.3) is 0 Å². The van der Waals surface area contributed by atoms with Crippen LogP contribution in [0.4, 0.5) is 0 Å². The Hall–Kier alpha value is -1.79. The van der Waals surface area contributed by atoms with E-state index in [0.29, 0.717) is 19.8 Å². The molecule has 0 aliphatic carbocycles. The topological polar surface area (TPSA) is 60.0 Å². The van der Waals surface area contributed by atoms with Gasteiger partial charge in [0.2, 0.25) is 5.91 Å². The lowest BCUT2D eigenvalue weighted by molar-refractivity contribution is -0.126. The van der Waals surface area contributed by atoms with Crippen molar-refractivity contribution in [1.29, 1.82) is 0 Å². The smallest absolute Gasteiger partial charge is 0.234 e. The second-order valence-corrected chi connectivity index (χ2v) is 6.64. The van der Waals surface area contributed by atoms with E-state index < -0.39 is 0 Å². The zero-order valence-electron chi connectivity index (χ0n) is 14.6. The molecule has 6 nitrogen and oxygen atoms in total. The fourth-order valence-electron chi connectivity index (χ4n) is 3.32. The number of morpholine rings is 1. The summed E-state index contributed by atoms with van der Waals surface area (Å²) < 4.78 is 16.8. The fourth-order valence-corrected chi connectivity index (χ4v) is 3.32. The molecule has 24 heavy (non-hydrogen) atoms. The Morgan fingerprint density at radius 2 is 1.88 bits per heavy atom. The number of hydrogen-bond acceptors (Lipinski definition) is 5. The lowest BCUT2D eigenvalue weighted by atomic mass is 10.1. The number of carbonyl (C=O) groups is 1. The summed E-state index contributed by atoms with van der Waals surface area (Å²) in [5.41, 5.74) is 1.01. The number of hydrogen-bond donors (Lipinski definition) is 1. The van der Waals surface area contributed by atoms with Crippen molar-refractivity contribution in [3.63, 3.8) is 0 Å². The number of benzene rings is 1. The second kappa shape index (κ2) is 7.40. The van der Waals surface area contributed by atoms with Crippen LogP contribution in [0.3, 0.4) is 0 Å². The first-order chi connectivity index (χ1) is 11.5. The first kappa shape index (κ1) is 17.0. The highest BCUT2D eigenvalue weighted by atomic mass is 16.6. The second-order valence-electron chi connectivity index (χ2n) is 6.64. The molecule has 1 amide bonds. The van der Waals surface area contributed by atoms with Gasteiger partial charge in [0.1, 0.15) is 13.2 Å². The third-order valence-corrected chi connectivity index (χ3v) is 4.31. The zero-order valence-corrected chi connectivity index (χ0v) is 14.6. The van der Waals surface area contributed by atoms with Crippen molar-refractivity contribution >= 4 is 5.91 Å². The molecule has 1 N–H and O–H groups in total. The van der Waals surface area contributed by atoms with Crippen LogP contribution in [0.2, 0.25) is 0 Å². The van der Waals surface area contributed by atoms with Gasteiger partial charge in [-0.05, 0) is 38.5 Å². The molecular weight excluding hydrogens is 308 g/mol. The molecule has 0 spiro atoms. The van der Waals surface area contributed by atoms with Crippen LogP contribution in [0.5, 0.6) is 11.5 Å². The van der Waals surface area contributed by atoms with Crippen LogP contribution in [-0.4, -0.2) is 55.9 Å². The number of nitrogens with zero attached hydrogens (tertiary/aromatic N) is 1. The van der Waals surface area contributed by atoms with Crippen molar-refractivity contribution in [2.75, 3.05) is 32.8 Å². The number of amides is 1. The molecule has 132 valence electrons. The molecule has 3 atom stereocenters. The Balaban J connectivity index is 1.56. The SMILES string of the molecule is C[C@@H]1CN(CC(=O)N[C@H](C)c2ccc3c(c2)OCCO3)C[C@H](C)O1. The van der Waals surface area contributed by atoms with Crippen molar-refractivity contribution in [3.8, 4) is 11.5 Å². The van der Waals surface area contributed by atoms with Gasteiger partial charge in [-0.1, -0.05) is 6.07 Å². The van der Waals surface area contributed by atoms with Crippen LogP contribution >= 0.6 is 0 Å². The molecule has 1 saturated heterocycles. The van der Waals surface area contributed by atoms with Gasteiger partial charge in [-0.25, -0.2) is 0 Å². The Kier molecular flexibility index (Phi) is 5.26. The molecular formula is C18H26N2O4. The first-order valence-corrected chi connectivity index (χ1v) is 8.58. The summed E-state index contributed by atoms with van der Waals surface area (Å²) in [5, 5.41) is 3.06. The average molecular weight is 334 g/mol. The maximum Gasteiger partial charge on any atom is 0.234 e. The lowest BCUT2D eigenvalue weighted by Gasteiger charge is -2.35. The molecule has 1 fully saturated rings. The zero-order chi connectivity index (χ0) is 17.1. The number of ether oxygens (including phenoxy) is 3. The summed E-state index contributed by atoms with van der Waals surface area (Å²) in [6, 6.07) is 5.73. The summed E-state index contributed by atoms with van der Waals surface area (Å²) in [7, 11) is 0. The molecule has 0 aromatic heterocycles. The predicted molar refractivity (Wildman–Crippen MR) is 90.4 cm³/mol. The van der Waals surface area contributed by atoms with Gasteiger partial charge in [0, 0.05) is 13.1 Å². The summed E-state index contributed by atoms with van der Waals surface area (Å²) in [6.45, 7) is 9.17. The minimum absolute atomic E-state index is 0.0266. The standard InChI is InChI=1S/C18H26N2O4/c1-12-9-20(10-13(2)24-12)11-18(21)19-14(3)15-4-5-16-17(8-15)23-7-6-22-16/h4-5,8,12-14H,6-7,9-11H2,1-3H3,(H,19,21)/t12-,13+,14-/m1/s1. The van der Waals surface area contributed by atoms with Gasteiger partial charge in [-0.3, -0.25) is 9.69 Å². The number of carbonyl (C=O) groups excluding carboxylic acids is 1. The minimum atomic E-state index is -0.0794. The van der Waals surface area contributed by atoms with Crippen LogP contribution < -0.4 is 14.8 Å². The fraction of sp³-hybridized carbons (Fsp3) is 0.611. The highest BCUT2D eigenvalue weighted by Crippen LogP contribution is 2.32. The minimum Gasteiger partial charge on any atom is -0.486 e. The van der Waals surface area contributed by atoms with E-state index in [0.717, 1.165) is 30.2 Å². The molecule has 3 rings (SSSR count). The third kappa shape index (κ3) is 4.19. The molecule has 6 heteroatoms. The average Bonchev–Trinajstić information content (AvgIpc) is 2.53. The normalized spacial score (nSPS) is 25.1. The van der Waals surface area contributed by atoms with E-state index in [2.05, 4.69) is 10.2 Å². The molecule has 2 heterocycles. The maximum absolute atomic E-state index is 12.3. The van der Waals surface area contributed by atoms with E-state index in [1.54, 1.807) is 0 Å². The van der Waals surface area contributed by atoms with E-state index in [1.807, 2.05) is 39.0 Å². The Bertz CT molecular complexity index is 582. The lowest BCUT2D eigenvalue weighted by Crippen LogP contribution is -2.49. The van der Waals surface area contributed by atoms with Crippen LogP contribution in [0.15, 0.2) is 18.2 Å². The van der Waals surface area contributed by atoms with E-state index in [4.69, 9.17) is 14.2 Å². The molecule has 0 unspecified atom stereocenters. The van der Waals surface area contributed by atoms with Crippen LogP contribution in [0.1, 0.15) is 32.4 Å². The van der Waals surface area contributed by atoms with Gasteiger partial charge in [0.15, 0.2) is 11.5 Å². The highest BCUT2D eigenvalue weighted by molar-refractivity contribution is 5.78. The van der Waals surface area contributed by atoms with E-state index in [-0.39, 0.29) is 24.2 Å². The van der Waals surface area contributed by atoms with Gasteiger partial charge < -0.3 is 19.5 Å².